The third-order valence-electron chi connectivity index (χ3n) is 3.88. The van der Waals surface area contributed by atoms with Gasteiger partial charge in [0.25, 0.3) is 5.91 Å². The Morgan fingerprint density at radius 2 is 2.25 bits per heavy atom. The first-order valence-electron chi connectivity index (χ1n) is 6.91. The van der Waals surface area contributed by atoms with Gasteiger partial charge in [0.1, 0.15) is 5.75 Å². The zero-order chi connectivity index (χ0) is 14.1. The molecule has 5 heteroatoms. The molecule has 1 saturated heterocycles. The highest BCUT2D eigenvalue weighted by Crippen LogP contribution is 2.29. The summed E-state index contributed by atoms with van der Waals surface area (Å²) in [6.45, 7) is 3.23. The number of carbonyl (C=O) groups is 1. The molecular formula is C15H18BrNO3. The number of rotatable bonds is 2. The Morgan fingerprint density at radius 3 is 3.00 bits per heavy atom. The van der Waals surface area contributed by atoms with E-state index >= 15 is 0 Å². The van der Waals surface area contributed by atoms with Gasteiger partial charge in [0.15, 0.2) is 6.10 Å². The molecule has 0 bridgehead atoms. The zero-order valence-electron chi connectivity index (χ0n) is 11.4. The fourth-order valence-electron chi connectivity index (χ4n) is 2.72. The molecule has 108 valence electrons. The van der Waals surface area contributed by atoms with E-state index in [0.29, 0.717) is 19.6 Å². The predicted molar refractivity (Wildman–Crippen MR) is 79.3 cm³/mol. The van der Waals surface area contributed by atoms with Crippen molar-refractivity contribution in [1.29, 1.82) is 0 Å². The summed E-state index contributed by atoms with van der Waals surface area (Å²) >= 11 is 3.42. The van der Waals surface area contributed by atoms with Crippen molar-refractivity contribution in [1.82, 2.24) is 4.90 Å². The van der Waals surface area contributed by atoms with Crippen LogP contribution in [-0.4, -0.2) is 47.5 Å². The number of hydrogen-bond donors (Lipinski definition) is 0. The Kier molecular flexibility index (Phi) is 3.98. The van der Waals surface area contributed by atoms with Crippen molar-refractivity contribution in [2.75, 3.05) is 18.5 Å². The highest BCUT2D eigenvalue weighted by molar-refractivity contribution is 9.09. The Hall–Kier alpha value is -1.07. The van der Waals surface area contributed by atoms with E-state index < -0.39 is 0 Å². The topological polar surface area (TPSA) is 38.8 Å². The summed E-state index contributed by atoms with van der Waals surface area (Å²) < 4.78 is 11.5. The summed E-state index contributed by atoms with van der Waals surface area (Å²) in [5, 5.41) is 0.745. The molecule has 0 aromatic heterocycles. The molecule has 3 unspecified atom stereocenters. The quantitative estimate of drug-likeness (QED) is 0.773. The molecule has 0 spiro atoms. The minimum atomic E-state index is -0.385. The van der Waals surface area contributed by atoms with E-state index in [1.54, 1.807) is 0 Å². The van der Waals surface area contributed by atoms with Crippen LogP contribution >= 0.6 is 15.9 Å². The SMILES string of the molecule is CC1COC(CBr)CN1C(=O)C1Cc2ccccc2O1. The lowest BCUT2D eigenvalue weighted by molar-refractivity contribution is -0.149. The van der Waals surface area contributed by atoms with Crippen molar-refractivity contribution in [2.45, 2.75) is 31.6 Å². The molecule has 2 aliphatic rings. The number of amides is 1. The van der Waals surface area contributed by atoms with E-state index in [9.17, 15) is 4.79 Å². The van der Waals surface area contributed by atoms with E-state index in [-0.39, 0.29) is 24.2 Å². The van der Waals surface area contributed by atoms with Crippen molar-refractivity contribution in [3.05, 3.63) is 29.8 Å². The monoisotopic (exact) mass is 339 g/mol. The van der Waals surface area contributed by atoms with Crippen molar-refractivity contribution >= 4 is 21.8 Å². The van der Waals surface area contributed by atoms with Crippen LogP contribution in [0, 0.1) is 0 Å². The Morgan fingerprint density at radius 1 is 1.45 bits per heavy atom. The lowest BCUT2D eigenvalue weighted by atomic mass is 10.1. The largest absolute Gasteiger partial charge is 0.480 e. The second-order valence-electron chi connectivity index (χ2n) is 5.37. The lowest BCUT2D eigenvalue weighted by Gasteiger charge is -2.38. The first-order chi connectivity index (χ1) is 9.69. The molecule has 3 atom stereocenters. The van der Waals surface area contributed by atoms with E-state index in [0.717, 1.165) is 16.6 Å². The number of nitrogens with zero attached hydrogens (tertiary/aromatic N) is 1. The zero-order valence-corrected chi connectivity index (χ0v) is 13.0. The predicted octanol–water partition coefficient (Wildman–Crippen LogP) is 2.00. The van der Waals surface area contributed by atoms with Crippen molar-refractivity contribution in [3.63, 3.8) is 0 Å². The normalized spacial score (nSPS) is 28.9. The number of ether oxygens (including phenoxy) is 2. The van der Waals surface area contributed by atoms with Gasteiger partial charge in [0.2, 0.25) is 0 Å². The van der Waals surface area contributed by atoms with Gasteiger partial charge >= 0.3 is 0 Å². The number of alkyl halides is 1. The van der Waals surface area contributed by atoms with E-state index in [4.69, 9.17) is 9.47 Å². The van der Waals surface area contributed by atoms with Crippen LogP contribution in [0.1, 0.15) is 12.5 Å². The van der Waals surface area contributed by atoms with Crippen LogP contribution in [0.25, 0.3) is 0 Å². The molecule has 0 aliphatic carbocycles. The summed E-state index contributed by atoms with van der Waals surface area (Å²) in [6, 6.07) is 7.96. The van der Waals surface area contributed by atoms with E-state index in [1.807, 2.05) is 36.1 Å². The fraction of sp³-hybridized carbons (Fsp3) is 0.533. The molecule has 3 rings (SSSR count). The van der Waals surface area contributed by atoms with Crippen molar-refractivity contribution < 1.29 is 14.3 Å². The molecule has 2 heterocycles. The maximum atomic E-state index is 12.7. The molecule has 0 radical (unpaired) electrons. The minimum Gasteiger partial charge on any atom is -0.480 e. The molecule has 1 aromatic rings. The van der Waals surface area contributed by atoms with Gasteiger partial charge in [-0.25, -0.2) is 0 Å². The Labute approximate surface area is 127 Å². The van der Waals surface area contributed by atoms with Gasteiger partial charge in [0, 0.05) is 18.3 Å². The smallest absolute Gasteiger partial charge is 0.264 e. The molecular weight excluding hydrogens is 322 g/mol. The van der Waals surface area contributed by atoms with Crippen molar-refractivity contribution in [2.24, 2.45) is 0 Å². The molecule has 4 nitrogen and oxygen atoms in total. The third kappa shape index (κ3) is 2.56. The first-order valence-corrected chi connectivity index (χ1v) is 8.04. The molecule has 0 saturated carbocycles. The third-order valence-corrected chi connectivity index (χ3v) is 4.61. The maximum Gasteiger partial charge on any atom is 0.264 e. The molecule has 1 aromatic carbocycles. The number of carbonyl (C=O) groups excluding carboxylic acids is 1. The maximum absolute atomic E-state index is 12.7. The summed E-state index contributed by atoms with van der Waals surface area (Å²) in [4.78, 5) is 14.6. The standard InChI is InChI=1S/C15H18BrNO3/c1-10-9-19-12(7-16)8-17(10)15(18)14-6-11-4-2-3-5-13(11)20-14/h2-5,10,12,14H,6-9H2,1H3. The van der Waals surface area contributed by atoms with Crippen LogP contribution < -0.4 is 4.74 Å². The first kappa shape index (κ1) is 13.9. The van der Waals surface area contributed by atoms with Crippen LogP contribution in [0.3, 0.4) is 0 Å². The number of para-hydroxylation sites is 1. The molecule has 0 N–H and O–H groups in total. The highest BCUT2D eigenvalue weighted by Gasteiger charge is 2.37. The van der Waals surface area contributed by atoms with Gasteiger partial charge in [0.05, 0.1) is 18.8 Å². The van der Waals surface area contributed by atoms with Gasteiger partial charge in [-0.1, -0.05) is 34.1 Å². The second-order valence-corrected chi connectivity index (χ2v) is 6.02. The second kappa shape index (κ2) is 5.74. The van der Waals surface area contributed by atoms with Gasteiger partial charge in [-0.2, -0.15) is 0 Å². The summed E-state index contributed by atoms with van der Waals surface area (Å²) in [5.41, 5.74) is 1.11. The average Bonchev–Trinajstić information content (AvgIpc) is 2.91. The van der Waals surface area contributed by atoms with Crippen molar-refractivity contribution in [3.8, 4) is 5.75 Å². The van der Waals surface area contributed by atoms with Gasteiger partial charge in [-0.3, -0.25) is 4.79 Å². The van der Waals surface area contributed by atoms with E-state index in [1.165, 1.54) is 0 Å². The van der Waals surface area contributed by atoms with E-state index in [2.05, 4.69) is 15.9 Å². The molecule has 1 fully saturated rings. The van der Waals surface area contributed by atoms with Crippen LogP contribution in [0.2, 0.25) is 0 Å². The Balaban J connectivity index is 1.70. The summed E-state index contributed by atoms with van der Waals surface area (Å²) in [7, 11) is 0. The average molecular weight is 340 g/mol. The number of morpholine rings is 1. The van der Waals surface area contributed by atoms with Crippen LogP contribution in [-0.2, 0) is 16.0 Å². The highest BCUT2D eigenvalue weighted by atomic mass is 79.9. The van der Waals surface area contributed by atoms with Gasteiger partial charge in [-0.15, -0.1) is 0 Å². The number of benzene rings is 1. The summed E-state index contributed by atoms with van der Waals surface area (Å²) in [6.07, 6.45) is 0.348. The molecule has 1 amide bonds. The number of hydrogen-bond acceptors (Lipinski definition) is 3. The van der Waals surface area contributed by atoms with Gasteiger partial charge in [-0.05, 0) is 18.6 Å². The molecule has 2 aliphatic heterocycles. The van der Waals surface area contributed by atoms with Gasteiger partial charge < -0.3 is 14.4 Å². The lowest BCUT2D eigenvalue weighted by Crippen LogP contribution is -2.55. The fourth-order valence-corrected chi connectivity index (χ4v) is 3.11. The van der Waals surface area contributed by atoms with Crippen LogP contribution in [0.5, 0.6) is 5.75 Å². The summed E-state index contributed by atoms with van der Waals surface area (Å²) in [5.74, 6) is 0.909. The molecule has 20 heavy (non-hydrogen) atoms. The number of fused-ring (bicyclic) bond motifs is 1. The van der Waals surface area contributed by atoms with Crippen LogP contribution in [0.4, 0.5) is 0 Å². The van der Waals surface area contributed by atoms with Crippen LogP contribution in [0.15, 0.2) is 24.3 Å². The number of halogens is 1. The Bertz CT molecular complexity index is 483. The minimum absolute atomic E-state index is 0.0685.